The van der Waals surface area contributed by atoms with E-state index in [1.54, 1.807) is 24.3 Å². The van der Waals surface area contributed by atoms with Crippen molar-refractivity contribution in [1.29, 1.82) is 0 Å². The molecule has 206 valence electrons. The first kappa shape index (κ1) is 28.8. The number of hydrogen-bond donors (Lipinski definition) is 5. The molecule has 4 aromatic rings. The van der Waals surface area contributed by atoms with Crippen LogP contribution in [0.15, 0.2) is 48.5 Å². The second-order valence-electron chi connectivity index (χ2n) is 7.26. The van der Waals surface area contributed by atoms with Gasteiger partial charge in [0, 0.05) is 17.3 Å². The van der Waals surface area contributed by atoms with E-state index in [0.717, 1.165) is 12.1 Å². The lowest BCUT2D eigenvalue weighted by Crippen LogP contribution is -2.21. The Morgan fingerprint density at radius 2 is 1.69 bits per heavy atom. The van der Waals surface area contributed by atoms with Gasteiger partial charge >= 0.3 is 18.3 Å². The van der Waals surface area contributed by atoms with Crippen molar-refractivity contribution >= 4 is 41.0 Å². The zero-order valence-electron chi connectivity index (χ0n) is 19.0. The van der Waals surface area contributed by atoms with Crippen LogP contribution < -0.4 is 21.5 Å². The van der Waals surface area contributed by atoms with Gasteiger partial charge in [0.05, 0.1) is 10.6 Å². The zero-order valence-corrected chi connectivity index (χ0v) is 19.7. The molecule has 2 aromatic carbocycles. The minimum absolute atomic E-state index is 0.0296. The zero-order chi connectivity index (χ0) is 29.0. The number of aromatic amines is 1. The molecule has 0 atom stereocenters. The number of ether oxygens (including phenoxy) is 1. The first-order valence-corrected chi connectivity index (χ1v) is 10.5. The van der Waals surface area contributed by atoms with Gasteiger partial charge in [0.15, 0.2) is 5.82 Å². The highest BCUT2D eigenvalue weighted by Gasteiger charge is 2.38. The topological polar surface area (TPSA) is 178 Å². The molecule has 0 amide bonds. The number of nitrogens with two attached hydrogens (primary N) is 2. The van der Waals surface area contributed by atoms with Crippen molar-refractivity contribution in [1.82, 2.24) is 25.1 Å². The minimum Gasteiger partial charge on any atom is -0.475 e. The number of carboxylic acids is 1. The van der Waals surface area contributed by atoms with E-state index < -0.39 is 28.9 Å². The van der Waals surface area contributed by atoms with Gasteiger partial charge in [-0.25, -0.2) is 4.79 Å². The number of anilines is 4. The fraction of sp³-hybridized carbons (Fsp3) is 0.0952. The van der Waals surface area contributed by atoms with E-state index in [1.807, 2.05) is 0 Å². The van der Waals surface area contributed by atoms with Crippen LogP contribution in [0.3, 0.4) is 0 Å². The summed E-state index contributed by atoms with van der Waals surface area (Å²) in [6.45, 7) is 0. The molecule has 11 nitrogen and oxygen atoms in total. The van der Waals surface area contributed by atoms with Gasteiger partial charge in [-0.3, -0.25) is 0 Å². The number of carboxylic acid groups (broad SMARTS) is 1. The molecular formula is C21H15ClF6N8O3. The monoisotopic (exact) mass is 576 g/mol. The van der Waals surface area contributed by atoms with E-state index in [4.69, 9.17) is 37.7 Å². The third kappa shape index (κ3) is 8.09. The summed E-state index contributed by atoms with van der Waals surface area (Å²) in [5.41, 5.74) is 11.0. The molecule has 39 heavy (non-hydrogen) atoms. The Kier molecular flexibility index (Phi) is 8.33. The van der Waals surface area contributed by atoms with Gasteiger partial charge in [0.1, 0.15) is 11.6 Å². The van der Waals surface area contributed by atoms with Crippen LogP contribution in [-0.2, 0) is 11.0 Å². The molecule has 0 aliphatic rings. The summed E-state index contributed by atoms with van der Waals surface area (Å²) in [6.07, 6.45) is -9.67. The molecule has 0 radical (unpaired) electrons. The standard InChI is InChI=1S/C19H14ClF3N8O.C2HF3O2/c20-13-5-4-10(7-12(13)19(21,22)23)26-18-29-16(30-31-18)9-2-1-3-11(6-9)32-15-8-14(24)27-17(25)28-15;3-2(4,5)1(6)7/h1-8H,(H4,24,25,27,28)(H2,26,29,30,31);(H,6,7). The molecule has 2 aromatic heterocycles. The molecule has 0 saturated carbocycles. The minimum atomic E-state index is -5.08. The fourth-order valence-corrected chi connectivity index (χ4v) is 2.97. The summed E-state index contributed by atoms with van der Waals surface area (Å²) in [5.74, 6) is -1.56. The number of alkyl halides is 6. The third-order valence-corrected chi connectivity index (χ3v) is 4.66. The lowest BCUT2D eigenvalue weighted by Gasteiger charge is -2.11. The molecule has 0 aliphatic heterocycles. The molecule has 0 aliphatic carbocycles. The molecule has 4 rings (SSSR count). The molecule has 0 fully saturated rings. The normalized spacial score (nSPS) is 11.4. The van der Waals surface area contributed by atoms with Crippen LogP contribution in [0.1, 0.15) is 5.56 Å². The van der Waals surface area contributed by atoms with Crippen molar-refractivity contribution in [2.24, 2.45) is 0 Å². The number of carbonyl (C=O) groups is 1. The molecule has 2 heterocycles. The van der Waals surface area contributed by atoms with E-state index in [9.17, 15) is 26.3 Å². The second-order valence-corrected chi connectivity index (χ2v) is 7.67. The third-order valence-electron chi connectivity index (χ3n) is 4.33. The first-order valence-electron chi connectivity index (χ1n) is 10.2. The summed E-state index contributed by atoms with van der Waals surface area (Å²) in [6, 6.07) is 11.6. The van der Waals surface area contributed by atoms with Gasteiger partial charge < -0.3 is 31.6 Å². The van der Waals surface area contributed by atoms with Crippen molar-refractivity contribution in [3.63, 3.8) is 0 Å². The quantitative estimate of drug-likeness (QED) is 0.197. The molecule has 18 heteroatoms. The largest absolute Gasteiger partial charge is 0.490 e. The summed E-state index contributed by atoms with van der Waals surface area (Å²) >= 11 is 5.64. The predicted octanol–water partition coefficient (Wildman–Crippen LogP) is 5.27. The Bertz CT molecular complexity index is 1460. The Labute approximate surface area is 218 Å². The van der Waals surface area contributed by atoms with Crippen LogP contribution in [0.2, 0.25) is 5.02 Å². The summed E-state index contributed by atoms with van der Waals surface area (Å²) in [4.78, 5) is 19.5. The van der Waals surface area contributed by atoms with Crippen LogP contribution >= 0.6 is 11.6 Å². The van der Waals surface area contributed by atoms with Crippen LogP contribution in [0.25, 0.3) is 11.4 Å². The van der Waals surface area contributed by atoms with Crippen molar-refractivity contribution in [2.75, 3.05) is 16.8 Å². The highest BCUT2D eigenvalue weighted by molar-refractivity contribution is 6.31. The number of aromatic nitrogens is 5. The lowest BCUT2D eigenvalue weighted by molar-refractivity contribution is -0.192. The van der Waals surface area contributed by atoms with Gasteiger partial charge in [-0.05, 0) is 30.3 Å². The van der Waals surface area contributed by atoms with Crippen molar-refractivity contribution in [3.8, 4) is 23.0 Å². The number of nitrogens with zero attached hydrogens (tertiary/aromatic N) is 4. The number of H-pyrrole nitrogens is 1. The maximum atomic E-state index is 13.0. The Morgan fingerprint density at radius 3 is 2.31 bits per heavy atom. The molecule has 0 saturated heterocycles. The fourth-order valence-electron chi connectivity index (χ4n) is 2.75. The summed E-state index contributed by atoms with van der Waals surface area (Å²) in [5, 5.41) is 17.4. The number of aliphatic carboxylic acids is 1. The highest BCUT2D eigenvalue weighted by atomic mass is 35.5. The molecule has 0 bridgehead atoms. The number of nitrogens with one attached hydrogen (secondary N) is 2. The van der Waals surface area contributed by atoms with Crippen LogP contribution in [-0.4, -0.2) is 42.4 Å². The Morgan fingerprint density at radius 1 is 1.00 bits per heavy atom. The number of hydrogen-bond acceptors (Lipinski definition) is 9. The molecule has 7 N–H and O–H groups in total. The maximum Gasteiger partial charge on any atom is 0.490 e. The average Bonchev–Trinajstić information content (AvgIpc) is 3.27. The van der Waals surface area contributed by atoms with Crippen molar-refractivity contribution in [3.05, 3.63) is 59.1 Å². The van der Waals surface area contributed by atoms with Gasteiger partial charge in [0.25, 0.3) is 0 Å². The van der Waals surface area contributed by atoms with Crippen molar-refractivity contribution in [2.45, 2.75) is 12.4 Å². The SMILES string of the molecule is Nc1cc(Oc2cccc(-c3nnc(Nc4ccc(Cl)c(C(F)(F)F)c4)[nH]3)c2)nc(N)n1.O=C(O)C(F)(F)F. The van der Waals surface area contributed by atoms with Crippen LogP contribution in [0.5, 0.6) is 11.6 Å². The van der Waals surface area contributed by atoms with E-state index in [0.29, 0.717) is 17.1 Å². The molecule has 0 unspecified atom stereocenters. The van der Waals surface area contributed by atoms with Gasteiger partial charge in [-0.1, -0.05) is 23.7 Å². The van der Waals surface area contributed by atoms with Gasteiger partial charge in [0.2, 0.25) is 17.8 Å². The highest BCUT2D eigenvalue weighted by Crippen LogP contribution is 2.36. The smallest absolute Gasteiger partial charge is 0.475 e. The Balaban J connectivity index is 0.000000532. The van der Waals surface area contributed by atoms with E-state index in [1.165, 1.54) is 12.1 Å². The molecule has 0 spiro atoms. The number of benzene rings is 2. The van der Waals surface area contributed by atoms with Gasteiger partial charge in [-0.2, -0.15) is 36.3 Å². The van der Waals surface area contributed by atoms with Crippen LogP contribution in [0.4, 0.5) is 49.7 Å². The van der Waals surface area contributed by atoms with Crippen molar-refractivity contribution < 1.29 is 41.0 Å². The lowest BCUT2D eigenvalue weighted by atomic mass is 10.2. The average molecular weight is 577 g/mol. The predicted molar refractivity (Wildman–Crippen MR) is 126 cm³/mol. The first-order chi connectivity index (χ1) is 18.1. The van der Waals surface area contributed by atoms with Crippen LogP contribution in [0, 0.1) is 0 Å². The Hall–Kier alpha value is -4.80. The number of nitrogen functional groups attached to an aromatic ring is 2. The number of halogens is 7. The van der Waals surface area contributed by atoms with E-state index in [2.05, 4.69) is 30.5 Å². The van der Waals surface area contributed by atoms with Gasteiger partial charge in [-0.15, -0.1) is 10.2 Å². The summed E-state index contributed by atoms with van der Waals surface area (Å²) < 4.78 is 76.5. The second kappa shape index (κ2) is 11.3. The van der Waals surface area contributed by atoms with E-state index in [-0.39, 0.29) is 29.3 Å². The summed E-state index contributed by atoms with van der Waals surface area (Å²) in [7, 11) is 0. The van der Waals surface area contributed by atoms with E-state index >= 15 is 0 Å². The number of rotatable bonds is 5. The molecular weight excluding hydrogens is 562 g/mol. The maximum absolute atomic E-state index is 13.0.